The summed E-state index contributed by atoms with van der Waals surface area (Å²) in [7, 11) is 0. The molecule has 0 unspecified atom stereocenters. The maximum Gasteiger partial charge on any atom is 0.276 e. The topological polar surface area (TPSA) is 88.6 Å². The number of amides is 1. The van der Waals surface area contributed by atoms with Gasteiger partial charge in [0, 0.05) is 6.61 Å². The van der Waals surface area contributed by atoms with Crippen molar-refractivity contribution in [1.82, 2.24) is 9.88 Å². The molecular formula is C18H17N3O4. The van der Waals surface area contributed by atoms with Crippen LogP contribution < -0.4 is 4.74 Å². The van der Waals surface area contributed by atoms with Gasteiger partial charge in [-0.1, -0.05) is 0 Å². The minimum Gasteiger partial charge on any atom is -0.487 e. The van der Waals surface area contributed by atoms with Crippen molar-refractivity contribution in [2.75, 3.05) is 19.7 Å². The summed E-state index contributed by atoms with van der Waals surface area (Å²) < 4.78 is 16.8. The van der Waals surface area contributed by atoms with Crippen molar-refractivity contribution in [3.8, 4) is 11.8 Å². The molecule has 0 saturated carbocycles. The molecule has 0 N–H and O–H groups in total. The molecule has 0 spiro atoms. The second-order valence-corrected chi connectivity index (χ2v) is 6.15. The lowest BCUT2D eigenvalue weighted by Crippen LogP contribution is -2.56. The average Bonchev–Trinajstić information content (AvgIpc) is 3.28. The summed E-state index contributed by atoms with van der Waals surface area (Å²) in [6.45, 7) is 1.68. The van der Waals surface area contributed by atoms with Gasteiger partial charge in [-0.25, -0.2) is 4.98 Å². The molecule has 2 aliphatic heterocycles. The van der Waals surface area contributed by atoms with Gasteiger partial charge in [0.15, 0.2) is 17.8 Å². The molecule has 1 amide bonds. The van der Waals surface area contributed by atoms with Crippen molar-refractivity contribution in [3.63, 3.8) is 0 Å². The van der Waals surface area contributed by atoms with E-state index in [0.717, 1.165) is 12.8 Å². The number of aromatic nitrogens is 1. The van der Waals surface area contributed by atoms with Crippen molar-refractivity contribution in [2.24, 2.45) is 0 Å². The first kappa shape index (κ1) is 15.7. The Morgan fingerprint density at radius 3 is 2.80 bits per heavy atom. The number of likely N-dealkylation sites (tertiary alicyclic amines) is 1. The monoisotopic (exact) mass is 339 g/mol. The van der Waals surface area contributed by atoms with E-state index in [-0.39, 0.29) is 18.1 Å². The van der Waals surface area contributed by atoms with Crippen LogP contribution in [0.2, 0.25) is 0 Å². The lowest BCUT2D eigenvalue weighted by atomic mass is 10.1. The average molecular weight is 339 g/mol. The molecule has 0 radical (unpaired) electrons. The highest BCUT2D eigenvalue weighted by molar-refractivity contribution is 5.94. The Kier molecular flexibility index (Phi) is 4.12. The van der Waals surface area contributed by atoms with Crippen molar-refractivity contribution >= 4 is 5.91 Å². The van der Waals surface area contributed by atoms with Gasteiger partial charge in [-0.2, -0.15) is 5.26 Å². The first-order chi connectivity index (χ1) is 12.2. The molecule has 7 nitrogen and oxygen atoms in total. The fourth-order valence-electron chi connectivity index (χ4n) is 3.06. The number of rotatable bonds is 4. The zero-order chi connectivity index (χ0) is 17.2. The minimum atomic E-state index is -0.173. The predicted octanol–water partition coefficient (Wildman–Crippen LogP) is 2.30. The Bertz CT molecular complexity index is 796. The van der Waals surface area contributed by atoms with Gasteiger partial charge in [-0.15, -0.1) is 0 Å². The van der Waals surface area contributed by atoms with Gasteiger partial charge < -0.3 is 18.8 Å². The van der Waals surface area contributed by atoms with E-state index < -0.39 is 0 Å². The zero-order valence-corrected chi connectivity index (χ0v) is 13.6. The van der Waals surface area contributed by atoms with E-state index in [1.54, 1.807) is 29.2 Å². The Morgan fingerprint density at radius 2 is 2.12 bits per heavy atom. The van der Waals surface area contributed by atoms with Crippen LogP contribution in [-0.4, -0.2) is 41.6 Å². The highest BCUT2D eigenvalue weighted by Crippen LogP contribution is 2.31. The van der Waals surface area contributed by atoms with E-state index >= 15 is 0 Å². The smallest absolute Gasteiger partial charge is 0.276 e. The molecule has 1 aromatic carbocycles. The molecule has 25 heavy (non-hydrogen) atoms. The second-order valence-electron chi connectivity index (χ2n) is 6.15. The number of benzene rings is 1. The highest BCUT2D eigenvalue weighted by atomic mass is 16.5. The van der Waals surface area contributed by atoms with Crippen LogP contribution in [0.15, 0.2) is 35.1 Å². The van der Waals surface area contributed by atoms with E-state index in [1.807, 2.05) is 0 Å². The second kappa shape index (κ2) is 6.57. The van der Waals surface area contributed by atoms with E-state index in [2.05, 4.69) is 11.1 Å². The molecule has 128 valence electrons. The van der Waals surface area contributed by atoms with Gasteiger partial charge in [-0.3, -0.25) is 4.79 Å². The Morgan fingerprint density at radius 1 is 1.32 bits per heavy atom. The largest absolute Gasteiger partial charge is 0.487 e. The molecule has 2 fully saturated rings. The van der Waals surface area contributed by atoms with Gasteiger partial charge in [0.2, 0.25) is 0 Å². The summed E-state index contributed by atoms with van der Waals surface area (Å²) in [5, 5.41) is 8.80. The molecule has 2 aliphatic rings. The van der Waals surface area contributed by atoms with Crippen LogP contribution in [0, 0.1) is 11.3 Å². The fraction of sp³-hybridized carbons (Fsp3) is 0.389. The van der Waals surface area contributed by atoms with Gasteiger partial charge in [0.05, 0.1) is 24.7 Å². The third kappa shape index (κ3) is 3.08. The van der Waals surface area contributed by atoms with Crippen molar-refractivity contribution < 1.29 is 18.7 Å². The standard InChI is InChI=1S/C18H17N3O4/c19-8-12-3-5-13(6-4-12)25-14-9-21(10-14)18(22)16-17(24-11-20-16)15-2-1-7-23-15/h3-6,11,14-15H,1-2,7,9-10H2/t15-/m1/s1. The third-order valence-electron chi connectivity index (χ3n) is 4.44. The number of carbonyl (C=O) groups is 1. The van der Waals surface area contributed by atoms with Gasteiger partial charge >= 0.3 is 0 Å². The molecule has 7 heteroatoms. The number of nitrogens with zero attached hydrogens (tertiary/aromatic N) is 3. The maximum absolute atomic E-state index is 12.6. The zero-order valence-electron chi connectivity index (χ0n) is 13.6. The number of carbonyl (C=O) groups excluding carboxylic acids is 1. The molecule has 1 aromatic heterocycles. The molecule has 2 aromatic rings. The highest BCUT2D eigenvalue weighted by Gasteiger charge is 2.37. The number of oxazole rings is 1. The first-order valence-corrected chi connectivity index (χ1v) is 8.25. The van der Waals surface area contributed by atoms with E-state index in [0.29, 0.717) is 42.5 Å². The summed E-state index contributed by atoms with van der Waals surface area (Å²) in [4.78, 5) is 18.4. The molecule has 0 aliphatic carbocycles. The van der Waals surface area contributed by atoms with Crippen LogP contribution in [0.1, 0.15) is 40.8 Å². The van der Waals surface area contributed by atoms with Crippen molar-refractivity contribution in [3.05, 3.63) is 47.7 Å². The van der Waals surface area contributed by atoms with Gasteiger partial charge in [0.1, 0.15) is 18.0 Å². The quantitative estimate of drug-likeness (QED) is 0.849. The predicted molar refractivity (Wildman–Crippen MR) is 85.9 cm³/mol. The van der Waals surface area contributed by atoms with Gasteiger partial charge in [0.25, 0.3) is 5.91 Å². The molecule has 3 heterocycles. The Labute approximate surface area is 144 Å². The summed E-state index contributed by atoms with van der Waals surface area (Å²) in [5.74, 6) is 1.07. The molecule has 0 bridgehead atoms. The Balaban J connectivity index is 1.35. The summed E-state index contributed by atoms with van der Waals surface area (Å²) >= 11 is 0. The summed E-state index contributed by atoms with van der Waals surface area (Å²) in [6, 6.07) is 9.00. The van der Waals surface area contributed by atoms with Crippen LogP contribution in [0.3, 0.4) is 0 Å². The van der Waals surface area contributed by atoms with Crippen LogP contribution in [0.4, 0.5) is 0 Å². The molecule has 2 saturated heterocycles. The fourth-order valence-corrected chi connectivity index (χ4v) is 3.06. The SMILES string of the molecule is N#Cc1ccc(OC2CN(C(=O)c3ncoc3[C@H]3CCCO3)C2)cc1. The minimum absolute atomic E-state index is 0.0602. The summed E-state index contributed by atoms with van der Waals surface area (Å²) in [6.07, 6.45) is 2.88. The van der Waals surface area contributed by atoms with E-state index in [9.17, 15) is 4.79 Å². The van der Waals surface area contributed by atoms with Crippen LogP contribution in [-0.2, 0) is 4.74 Å². The number of nitriles is 1. The summed E-state index contributed by atoms with van der Waals surface area (Å²) in [5.41, 5.74) is 0.925. The lowest BCUT2D eigenvalue weighted by molar-refractivity contribution is 0.0166. The third-order valence-corrected chi connectivity index (χ3v) is 4.44. The molecular weight excluding hydrogens is 322 g/mol. The first-order valence-electron chi connectivity index (χ1n) is 8.25. The van der Waals surface area contributed by atoms with E-state index in [4.69, 9.17) is 19.2 Å². The van der Waals surface area contributed by atoms with Crippen LogP contribution >= 0.6 is 0 Å². The van der Waals surface area contributed by atoms with Crippen LogP contribution in [0.25, 0.3) is 0 Å². The van der Waals surface area contributed by atoms with Crippen molar-refractivity contribution in [2.45, 2.75) is 25.0 Å². The number of ether oxygens (including phenoxy) is 2. The maximum atomic E-state index is 12.6. The molecule has 1 atom stereocenters. The van der Waals surface area contributed by atoms with Crippen LogP contribution in [0.5, 0.6) is 5.75 Å². The Hall–Kier alpha value is -2.85. The lowest BCUT2D eigenvalue weighted by Gasteiger charge is -2.38. The van der Waals surface area contributed by atoms with Gasteiger partial charge in [-0.05, 0) is 37.1 Å². The van der Waals surface area contributed by atoms with E-state index in [1.165, 1.54) is 6.39 Å². The number of hydrogen-bond donors (Lipinski definition) is 0. The normalized spacial score (nSPS) is 20.1. The number of hydrogen-bond acceptors (Lipinski definition) is 6. The molecule has 4 rings (SSSR count). The van der Waals surface area contributed by atoms with Crippen molar-refractivity contribution in [1.29, 1.82) is 5.26 Å².